The number of hydrogen-bond acceptors (Lipinski definition) is 4. The average Bonchev–Trinajstić information content (AvgIpc) is 2.57. The van der Waals surface area contributed by atoms with E-state index in [0.717, 1.165) is 16.8 Å². The van der Waals surface area contributed by atoms with Crippen molar-refractivity contribution in [2.24, 2.45) is 0 Å². The van der Waals surface area contributed by atoms with Gasteiger partial charge in [-0.25, -0.2) is 0 Å². The van der Waals surface area contributed by atoms with Crippen LogP contribution >= 0.6 is 0 Å². The van der Waals surface area contributed by atoms with Crippen molar-refractivity contribution in [3.8, 4) is 0 Å². The van der Waals surface area contributed by atoms with Crippen molar-refractivity contribution < 1.29 is 19.1 Å². The standard InChI is InChI=1S/C11H15NO4/c1-7-10(4-11(14)15-3)9(5-12-7)6-16-8(2)13/h5,12H,4,6H2,1-3H3. The van der Waals surface area contributed by atoms with Crippen molar-refractivity contribution in [2.45, 2.75) is 26.9 Å². The summed E-state index contributed by atoms with van der Waals surface area (Å²) in [5.74, 6) is -0.658. The number of rotatable bonds is 4. The number of nitrogens with one attached hydrogen (secondary N) is 1. The van der Waals surface area contributed by atoms with E-state index in [4.69, 9.17) is 4.74 Å². The summed E-state index contributed by atoms with van der Waals surface area (Å²) in [5.41, 5.74) is 2.51. The number of methoxy groups -OCH3 is 1. The van der Waals surface area contributed by atoms with Crippen molar-refractivity contribution in [1.82, 2.24) is 4.98 Å². The predicted molar refractivity (Wildman–Crippen MR) is 56.7 cm³/mol. The molecule has 16 heavy (non-hydrogen) atoms. The fourth-order valence-electron chi connectivity index (χ4n) is 1.38. The number of ether oxygens (including phenoxy) is 2. The molecule has 1 heterocycles. The molecule has 0 atom stereocenters. The molecule has 0 radical (unpaired) electrons. The number of carbonyl (C=O) groups is 2. The Labute approximate surface area is 93.7 Å². The summed E-state index contributed by atoms with van der Waals surface area (Å²) in [7, 11) is 1.34. The molecular weight excluding hydrogens is 210 g/mol. The second-order valence-corrected chi connectivity index (χ2v) is 3.45. The van der Waals surface area contributed by atoms with Crippen molar-refractivity contribution in [1.29, 1.82) is 0 Å². The van der Waals surface area contributed by atoms with Gasteiger partial charge in [0, 0.05) is 24.4 Å². The second-order valence-electron chi connectivity index (χ2n) is 3.45. The summed E-state index contributed by atoms with van der Waals surface area (Å²) in [4.78, 5) is 24.9. The molecule has 1 aromatic heterocycles. The highest BCUT2D eigenvalue weighted by atomic mass is 16.5. The van der Waals surface area contributed by atoms with Crippen LogP contribution in [0.5, 0.6) is 0 Å². The van der Waals surface area contributed by atoms with Gasteiger partial charge in [0.25, 0.3) is 0 Å². The highest BCUT2D eigenvalue weighted by molar-refractivity contribution is 5.73. The lowest BCUT2D eigenvalue weighted by Crippen LogP contribution is -2.08. The third-order valence-corrected chi connectivity index (χ3v) is 2.28. The van der Waals surface area contributed by atoms with Crippen LogP contribution < -0.4 is 0 Å². The zero-order valence-corrected chi connectivity index (χ0v) is 9.62. The van der Waals surface area contributed by atoms with Gasteiger partial charge in [0.1, 0.15) is 6.61 Å². The quantitative estimate of drug-likeness (QED) is 0.779. The Hall–Kier alpha value is -1.78. The number of hydrogen-bond donors (Lipinski definition) is 1. The summed E-state index contributed by atoms with van der Waals surface area (Å²) >= 11 is 0. The lowest BCUT2D eigenvalue weighted by atomic mass is 10.1. The van der Waals surface area contributed by atoms with E-state index in [1.54, 1.807) is 6.20 Å². The summed E-state index contributed by atoms with van der Waals surface area (Å²) in [6.07, 6.45) is 1.92. The van der Waals surface area contributed by atoms with Crippen LogP contribution in [0.2, 0.25) is 0 Å². The normalized spacial score (nSPS) is 9.94. The van der Waals surface area contributed by atoms with Crippen LogP contribution in [0.15, 0.2) is 6.20 Å². The van der Waals surface area contributed by atoms with E-state index in [0.29, 0.717) is 0 Å². The molecule has 88 valence electrons. The number of aryl methyl sites for hydroxylation is 1. The Morgan fingerprint density at radius 2 is 2.12 bits per heavy atom. The summed E-state index contributed by atoms with van der Waals surface area (Å²) in [5, 5.41) is 0. The van der Waals surface area contributed by atoms with Crippen LogP contribution in [0, 0.1) is 6.92 Å². The van der Waals surface area contributed by atoms with E-state index in [-0.39, 0.29) is 25.0 Å². The summed E-state index contributed by atoms with van der Waals surface area (Å²) < 4.78 is 9.48. The second kappa shape index (κ2) is 5.34. The largest absolute Gasteiger partial charge is 0.469 e. The lowest BCUT2D eigenvalue weighted by Gasteiger charge is -2.04. The molecule has 0 saturated carbocycles. The molecule has 0 aliphatic rings. The Kier molecular flexibility index (Phi) is 4.10. The maximum atomic E-state index is 11.2. The molecule has 1 N–H and O–H groups in total. The molecule has 0 spiro atoms. The molecule has 0 fully saturated rings. The van der Waals surface area contributed by atoms with E-state index in [1.165, 1.54) is 14.0 Å². The maximum Gasteiger partial charge on any atom is 0.310 e. The minimum absolute atomic E-state index is 0.173. The van der Waals surface area contributed by atoms with E-state index < -0.39 is 0 Å². The molecule has 0 amide bonds. The smallest absolute Gasteiger partial charge is 0.310 e. The van der Waals surface area contributed by atoms with Gasteiger partial charge in [-0.2, -0.15) is 0 Å². The van der Waals surface area contributed by atoms with E-state index in [2.05, 4.69) is 9.72 Å². The van der Waals surface area contributed by atoms with Gasteiger partial charge in [0.05, 0.1) is 13.5 Å². The number of aromatic amines is 1. The number of aromatic nitrogens is 1. The van der Waals surface area contributed by atoms with Gasteiger partial charge in [-0.15, -0.1) is 0 Å². The molecule has 0 aromatic carbocycles. The molecule has 5 heteroatoms. The maximum absolute atomic E-state index is 11.2. The molecule has 0 saturated heterocycles. The van der Waals surface area contributed by atoms with Gasteiger partial charge in [-0.3, -0.25) is 9.59 Å². The van der Waals surface area contributed by atoms with Gasteiger partial charge in [-0.05, 0) is 12.5 Å². The minimum atomic E-state index is -0.345. The molecular formula is C11H15NO4. The van der Waals surface area contributed by atoms with Crippen LogP contribution in [-0.4, -0.2) is 24.0 Å². The third-order valence-electron chi connectivity index (χ3n) is 2.28. The number of H-pyrrole nitrogens is 1. The molecule has 1 rings (SSSR count). The first-order valence-corrected chi connectivity index (χ1v) is 4.90. The van der Waals surface area contributed by atoms with Crippen LogP contribution in [0.4, 0.5) is 0 Å². The van der Waals surface area contributed by atoms with Crippen molar-refractivity contribution >= 4 is 11.9 Å². The lowest BCUT2D eigenvalue weighted by molar-refractivity contribution is -0.142. The zero-order chi connectivity index (χ0) is 12.1. The molecule has 5 nitrogen and oxygen atoms in total. The predicted octanol–water partition coefficient (Wildman–Crippen LogP) is 1.10. The molecule has 0 aliphatic heterocycles. The van der Waals surface area contributed by atoms with Gasteiger partial charge in [0.2, 0.25) is 0 Å². The molecule has 0 unspecified atom stereocenters. The van der Waals surface area contributed by atoms with Gasteiger partial charge < -0.3 is 14.5 Å². The first-order valence-electron chi connectivity index (χ1n) is 4.90. The first-order chi connectivity index (χ1) is 7.54. The van der Waals surface area contributed by atoms with Crippen molar-refractivity contribution in [3.05, 3.63) is 23.0 Å². The summed E-state index contributed by atoms with van der Waals surface area (Å²) in [6, 6.07) is 0. The topological polar surface area (TPSA) is 68.4 Å². The van der Waals surface area contributed by atoms with E-state index >= 15 is 0 Å². The number of esters is 2. The summed E-state index contributed by atoms with van der Waals surface area (Å²) in [6.45, 7) is 3.38. The third kappa shape index (κ3) is 3.12. The zero-order valence-electron chi connectivity index (χ0n) is 9.62. The molecule has 0 bridgehead atoms. The monoisotopic (exact) mass is 225 g/mol. The SMILES string of the molecule is COC(=O)Cc1c(COC(C)=O)c[nH]c1C. The molecule has 1 aromatic rings. The Morgan fingerprint density at radius 1 is 1.44 bits per heavy atom. The Morgan fingerprint density at radius 3 is 2.69 bits per heavy atom. The van der Waals surface area contributed by atoms with Gasteiger partial charge >= 0.3 is 11.9 Å². The highest BCUT2D eigenvalue weighted by Crippen LogP contribution is 2.15. The van der Waals surface area contributed by atoms with E-state index in [9.17, 15) is 9.59 Å². The van der Waals surface area contributed by atoms with Crippen LogP contribution in [0.3, 0.4) is 0 Å². The number of carbonyl (C=O) groups excluding carboxylic acids is 2. The Balaban J connectivity index is 2.77. The fourth-order valence-corrected chi connectivity index (χ4v) is 1.38. The average molecular weight is 225 g/mol. The van der Waals surface area contributed by atoms with Crippen LogP contribution in [-0.2, 0) is 32.1 Å². The highest BCUT2D eigenvalue weighted by Gasteiger charge is 2.13. The Bertz CT molecular complexity index is 395. The van der Waals surface area contributed by atoms with Crippen molar-refractivity contribution in [3.63, 3.8) is 0 Å². The van der Waals surface area contributed by atoms with Gasteiger partial charge in [0.15, 0.2) is 0 Å². The van der Waals surface area contributed by atoms with Gasteiger partial charge in [-0.1, -0.05) is 0 Å². The first kappa shape index (κ1) is 12.3. The van der Waals surface area contributed by atoms with E-state index in [1.807, 2.05) is 6.92 Å². The minimum Gasteiger partial charge on any atom is -0.469 e. The molecule has 0 aliphatic carbocycles. The van der Waals surface area contributed by atoms with Crippen LogP contribution in [0.1, 0.15) is 23.7 Å². The van der Waals surface area contributed by atoms with Crippen molar-refractivity contribution in [2.75, 3.05) is 7.11 Å². The van der Waals surface area contributed by atoms with Crippen LogP contribution in [0.25, 0.3) is 0 Å². The fraction of sp³-hybridized carbons (Fsp3) is 0.455.